The van der Waals surface area contributed by atoms with Crippen LogP contribution >= 0.6 is 24.0 Å². The van der Waals surface area contributed by atoms with E-state index in [1.165, 1.54) is 11.3 Å². The molecular formula is C24H41IN6O. The first-order valence-electron chi connectivity index (χ1n) is 11.7. The van der Waals surface area contributed by atoms with E-state index in [1.807, 2.05) is 11.9 Å². The molecule has 2 saturated heterocycles. The molecule has 0 saturated carbocycles. The topological polar surface area (TPSA) is 54.4 Å². The van der Waals surface area contributed by atoms with Crippen LogP contribution in [0.25, 0.3) is 0 Å². The highest BCUT2D eigenvalue weighted by Gasteiger charge is 2.30. The summed E-state index contributed by atoms with van der Waals surface area (Å²) in [7, 11) is 5.99. The molecule has 2 fully saturated rings. The molecule has 7 nitrogen and oxygen atoms in total. The van der Waals surface area contributed by atoms with E-state index in [4.69, 9.17) is 0 Å². The molecule has 2 aliphatic rings. The molecule has 1 unspecified atom stereocenters. The highest BCUT2D eigenvalue weighted by Crippen LogP contribution is 2.15. The lowest BCUT2D eigenvalue weighted by Crippen LogP contribution is -2.57. The third-order valence-corrected chi connectivity index (χ3v) is 6.53. The third-order valence-electron chi connectivity index (χ3n) is 6.53. The van der Waals surface area contributed by atoms with Crippen molar-refractivity contribution in [3.63, 3.8) is 0 Å². The lowest BCUT2D eigenvalue weighted by molar-refractivity contribution is -0.135. The molecule has 3 rings (SSSR count). The molecule has 0 radical (unpaired) electrons. The Kier molecular flexibility index (Phi) is 11.0. The number of piperazine rings is 1. The van der Waals surface area contributed by atoms with Gasteiger partial charge in [-0.05, 0) is 50.3 Å². The van der Waals surface area contributed by atoms with Crippen molar-refractivity contribution in [1.29, 1.82) is 0 Å². The Bertz CT molecular complexity index is 725. The number of hydrogen-bond donors (Lipinski definition) is 1. The Morgan fingerprint density at radius 3 is 2.22 bits per heavy atom. The minimum atomic E-state index is -0.0193. The SMILES string of the molecule is CN=C(NCCCc1ccc(N(C)C)cc1)N1CCN(C(C)C(=O)N2CCCC2)CC1.I. The summed E-state index contributed by atoms with van der Waals surface area (Å²) in [5.74, 6) is 1.27. The number of carbonyl (C=O) groups excluding carboxylic acids is 1. The van der Waals surface area contributed by atoms with E-state index < -0.39 is 0 Å². The summed E-state index contributed by atoms with van der Waals surface area (Å²) < 4.78 is 0. The van der Waals surface area contributed by atoms with Gasteiger partial charge in [0, 0.05) is 72.6 Å². The molecule has 1 N–H and O–H groups in total. The molecule has 0 bridgehead atoms. The Morgan fingerprint density at radius 2 is 1.66 bits per heavy atom. The minimum absolute atomic E-state index is 0. The molecule has 2 heterocycles. The zero-order chi connectivity index (χ0) is 22.2. The van der Waals surface area contributed by atoms with Gasteiger partial charge in [-0.3, -0.25) is 14.7 Å². The van der Waals surface area contributed by atoms with Crippen LogP contribution in [0, 0.1) is 0 Å². The maximum absolute atomic E-state index is 12.7. The number of benzene rings is 1. The van der Waals surface area contributed by atoms with E-state index in [0.29, 0.717) is 5.91 Å². The largest absolute Gasteiger partial charge is 0.378 e. The van der Waals surface area contributed by atoms with E-state index >= 15 is 0 Å². The van der Waals surface area contributed by atoms with Crippen molar-refractivity contribution in [2.45, 2.75) is 38.6 Å². The van der Waals surface area contributed by atoms with Crippen LogP contribution < -0.4 is 10.2 Å². The third kappa shape index (κ3) is 7.23. The molecule has 32 heavy (non-hydrogen) atoms. The van der Waals surface area contributed by atoms with E-state index in [0.717, 1.165) is 77.5 Å². The zero-order valence-electron chi connectivity index (χ0n) is 20.2. The van der Waals surface area contributed by atoms with Gasteiger partial charge in [0.05, 0.1) is 6.04 Å². The van der Waals surface area contributed by atoms with Crippen molar-refractivity contribution in [1.82, 2.24) is 20.0 Å². The molecule has 180 valence electrons. The summed E-state index contributed by atoms with van der Waals surface area (Å²) in [6.45, 7) is 8.45. The number of aliphatic imine (C=N–C) groups is 1. The van der Waals surface area contributed by atoms with E-state index in [2.05, 4.69) is 70.3 Å². The maximum Gasteiger partial charge on any atom is 0.239 e. The van der Waals surface area contributed by atoms with Crippen molar-refractivity contribution in [2.75, 3.05) is 71.9 Å². The fourth-order valence-electron chi connectivity index (χ4n) is 4.46. The Labute approximate surface area is 211 Å². The van der Waals surface area contributed by atoms with Gasteiger partial charge in [-0.2, -0.15) is 0 Å². The van der Waals surface area contributed by atoms with Gasteiger partial charge in [-0.15, -0.1) is 24.0 Å². The highest BCUT2D eigenvalue weighted by atomic mass is 127. The van der Waals surface area contributed by atoms with Crippen molar-refractivity contribution in [3.8, 4) is 0 Å². The second-order valence-corrected chi connectivity index (χ2v) is 8.87. The smallest absolute Gasteiger partial charge is 0.239 e. The van der Waals surface area contributed by atoms with Crippen LogP contribution in [0.2, 0.25) is 0 Å². The van der Waals surface area contributed by atoms with Crippen LogP contribution in [0.3, 0.4) is 0 Å². The predicted molar refractivity (Wildman–Crippen MR) is 144 cm³/mol. The number of hydrogen-bond acceptors (Lipinski definition) is 4. The molecule has 0 aromatic heterocycles. The van der Waals surface area contributed by atoms with Crippen molar-refractivity contribution < 1.29 is 4.79 Å². The second kappa shape index (κ2) is 13.2. The van der Waals surface area contributed by atoms with E-state index in [-0.39, 0.29) is 30.0 Å². The average Bonchev–Trinajstić information content (AvgIpc) is 3.34. The number of aryl methyl sites for hydroxylation is 1. The van der Waals surface area contributed by atoms with Crippen LogP contribution in [-0.2, 0) is 11.2 Å². The summed E-state index contributed by atoms with van der Waals surface area (Å²) in [4.78, 5) is 26.0. The summed E-state index contributed by atoms with van der Waals surface area (Å²) in [5, 5.41) is 3.52. The number of nitrogens with one attached hydrogen (secondary N) is 1. The van der Waals surface area contributed by atoms with Crippen LogP contribution in [0.5, 0.6) is 0 Å². The number of carbonyl (C=O) groups is 1. The number of likely N-dealkylation sites (tertiary alicyclic amines) is 1. The highest BCUT2D eigenvalue weighted by molar-refractivity contribution is 14.0. The zero-order valence-corrected chi connectivity index (χ0v) is 22.5. The maximum atomic E-state index is 12.7. The van der Waals surface area contributed by atoms with Gasteiger partial charge < -0.3 is 20.0 Å². The van der Waals surface area contributed by atoms with Gasteiger partial charge in [0.2, 0.25) is 5.91 Å². The molecule has 1 aromatic carbocycles. The number of rotatable bonds is 7. The lowest BCUT2D eigenvalue weighted by Gasteiger charge is -2.39. The first-order chi connectivity index (χ1) is 15.0. The quantitative estimate of drug-likeness (QED) is 0.242. The molecular weight excluding hydrogens is 515 g/mol. The fourth-order valence-corrected chi connectivity index (χ4v) is 4.46. The normalized spacial score (nSPS) is 18.3. The van der Waals surface area contributed by atoms with E-state index in [1.54, 1.807) is 0 Å². The van der Waals surface area contributed by atoms with Gasteiger partial charge >= 0.3 is 0 Å². The van der Waals surface area contributed by atoms with Gasteiger partial charge in [0.1, 0.15) is 0 Å². The molecule has 1 amide bonds. The van der Waals surface area contributed by atoms with Crippen LogP contribution in [0.4, 0.5) is 5.69 Å². The molecule has 1 aromatic rings. The molecule has 0 spiro atoms. The minimum Gasteiger partial charge on any atom is -0.378 e. The van der Waals surface area contributed by atoms with Gasteiger partial charge in [-0.25, -0.2) is 0 Å². The number of guanidine groups is 1. The van der Waals surface area contributed by atoms with Gasteiger partial charge in [-0.1, -0.05) is 12.1 Å². The van der Waals surface area contributed by atoms with E-state index in [9.17, 15) is 4.79 Å². The van der Waals surface area contributed by atoms with Crippen molar-refractivity contribution in [2.24, 2.45) is 4.99 Å². The fraction of sp³-hybridized carbons (Fsp3) is 0.667. The Balaban J connectivity index is 0.00000363. The molecule has 1 atom stereocenters. The second-order valence-electron chi connectivity index (χ2n) is 8.87. The average molecular weight is 557 g/mol. The molecule has 2 aliphatic heterocycles. The van der Waals surface area contributed by atoms with Crippen LogP contribution in [0.1, 0.15) is 31.7 Å². The van der Waals surface area contributed by atoms with Crippen LogP contribution in [0.15, 0.2) is 29.3 Å². The predicted octanol–water partition coefficient (Wildman–Crippen LogP) is 2.51. The summed E-state index contributed by atoms with van der Waals surface area (Å²) in [6, 6.07) is 8.77. The number of nitrogens with zero attached hydrogens (tertiary/aromatic N) is 5. The summed E-state index contributed by atoms with van der Waals surface area (Å²) >= 11 is 0. The van der Waals surface area contributed by atoms with Crippen molar-refractivity contribution >= 4 is 41.5 Å². The molecule has 0 aliphatic carbocycles. The number of halogens is 1. The lowest BCUT2D eigenvalue weighted by atomic mass is 10.1. The Morgan fingerprint density at radius 1 is 1.03 bits per heavy atom. The first-order valence-corrected chi connectivity index (χ1v) is 11.7. The number of anilines is 1. The summed E-state index contributed by atoms with van der Waals surface area (Å²) in [5.41, 5.74) is 2.60. The molecule has 8 heteroatoms. The first kappa shape index (κ1) is 26.7. The summed E-state index contributed by atoms with van der Waals surface area (Å²) in [6.07, 6.45) is 4.43. The van der Waals surface area contributed by atoms with Crippen LogP contribution in [-0.4, -0.2) is 99.6 Å². The van der Waals surface area contributed by atoms with Gasteiger partial charge in [0.25, 0.3) is 0 Å². The standard InChI is InChI=1S/C24H40N6O.HI/c1-20(23(31)29-14-5-6-15-29)28-16-18-30(19-17-28)24(25-2)26-13-7-8-21-9-11-22(12-10-21)27(3)4;/h9-12,20H,5-8,13-19H2,1-4H3,(H,25,26);1H. The Hall–Kier alpha value is -1.55. The van der Waals surface area contributed by atoms with Crippen molar-refractivity contribution in [3.05, 3.63) is 29.8 Å². The number of amides is 1. The monoisotopic (exact) mass is 556 g/mol. The van der Waals surface area contributed by atoms with Gasteiger partial charge in [0.15, 0.2) is 5.96 Å².